The van der Waals surface area contributed by atoms with Gasteiger partial charge in [-0.15, -0.1) is 13.2 Å². The molecule has 0 spiro atoms. The van der Waals surface area contributed by atoms with E-state index in [1.165, 1.54) is 9.46 Å². The zero-order valence-electron chi connectivity index (χ0n) is 31.6. The fraction of sp³-hybridized carbons (Fsp3) is 0.476. The summed E-state index contributed by atoms with van der Waals surface area (Å²) in [7, 11) is 3.46. The van der Waals surface area contributed by atoms with E-state index < -0.39 is 24.1 Å². The average Bonchev–Trinajstić information content (AvgIpc) is 3.61. The number of aromatic nitrogens is 2. The highest BCUT2D eigenvalue weighted by Crippen LogP contribution is 2.49. The third-order valence-corrected chi connectivity index (χ3v) is 14.0. The molecule has 8 atom stereocenters. The number of carbonyl (C=O) groups is 2. The second-order valence-electron chi connectivity index (χ2n) is 15.7. The molecule has 4 heterocycles. The van der Waals surface area contributed by atoms with Crippen LogP contribution in [0.2, 0.25) is 0 Å². The lowest BCUT2D eigenvalue weighted by Crippen LogP contribution is -2.50. The number of rotatable bonds is 13. The first-order valence-electron chi connectivity index (χ1n) is 19.2. The van der Waals surface area contributed by atoms with Crippen molar-refractivity contribution >= 4 is 65.6 Å². The highest BCUT2D eigenvalue weighted by molar-refractivity contribution is 9.10. The number of hydrogen-bond donors (Lipinski definition) is 2. The van der Waals surface area contributed by atoms with Gasteiger partial charge in [0, 0.05) is 75.1 Å². The highest BCUT2D eigenvalue weighted by Gasteiger charge is 2.44. The number of aliphatic hydroxyl groups is 2. The van der Waals surface area contributed by atoms with Gasteiger partial charge in [0.2, 0.25) is 0 Å². The summed E-state index contributed by atoms with van der Waals surface area (Å²) in [4.78, 5) is 43.5. The number of aliphatic hydroxyl groups excluding tert-OH is 2. The Bertz CT molecular complexity index is 2030. The van der Waals surface area contributed by atoms with Gasteiger partial charge < -0.3 is 29.4 Å². The quantitative estimate of drug-likeness (QED) is 0.181. The summed E-state index contributed by atoms with van der Waals surface area (Å²) in [5.74, 6) is -1.24. The molecule has 4 unspecified atom stereocenters. The lowest BCUT2D eigenvalue weighted by atomic mass is 9.72. The molecular formula is C42H48Br2N4O8. The number of piperidine rings is 2. The van der Waals surface area contributed by atoms with Gasteiger partial charge in [0.1, 0.15) is 9.21 Å². The number of halogens is 2. The second-order valence-corrected chi connectivity index (χ2v) is 17.2. The lowest BCUT2D eigenvalue weighted by Gasteiger charge is -2.46. The molecule has 12 nitrogen and oxygen atoms in total. The molecule has 0 radical (unpaired) electrons. The Kier molecular flexibility index (Phi) is 11.4. The first-order valence-corrected chi connectivity index (χ1v) is 20.8. The molecule has 56 heavy (non-hydrogen) atoms. The lowest BCUT2D eigenvalue weighted by molar-refractivity contribution is -0.173. The van der Waals surface area contributed by atoms with Crippen LogP contribution in [-0.2, 0) is 31.9 Å². The summed E-state index contributed by atoms with van der Waals surface area (Å²) < 4.78 is 14.9. The van der Waals surface area contributed by atoms with Crippen LogP contribution in [0.3, 0.4) is 0 Å². The maximum atomic E-state index is 13.5. The van der Waals surface area contributed by atoms with Crippen molar-refractivity contribution in [2.75, 3.05) is 53.6 Å². The molecule has 0 saturated carbocycles. The first kappa shape index (κ1) is 39.5. The number of fused-ring (bicyclic) bond motifs is 4. The summed E-state index contributed by atoms with van der Waals surface area (Å²) in [6, 6.07) is 12.2. The largest absolute Gasteiger partial charge is 0.384 e. The van der Waals surface area contributed by atoms with E-state index in [0.717, 1.165) is 72.0 Å². The van der Waals surface area contributed by atoms with E-state index in [9.17, 15) is 19.8 Å². The molecule has 2 aromatic heterocycles. The van der Waals surface area contributed by atoms with Crippen LogP contribution in [0.25, 0.3) is 21.8 Å². The molecule has 4 aliphatic rings. The van der Waals surface area contributed by atoms with Gasteiger partial charge >= 0.3 is 11.9 Å². The van der Waals surface area contributed by atoms with Gasteiger partial charge in [-0.2, -0.15) is 9.46 Å². The zero-order valence-corrected chi connectivity index (χ0v) is 34.8. The van der Waals surface area contributed by atoms with Crippen molar-refractivity contribution in [1.29, 1.82) is 0 Å². The summed E-state index contributed by atoms with van der Waals surface area (Å²) in [6.45, 7) is 12.6. The van der Waals surface area contributed by atoms with E-state index in [-0.39, 0.29) is 23.9 Å². The van der Waals surface area contributed by atoms with Gasteiger partial charge in [0.05, 0.1) is 24.2 Å². The summed E-state index contributed by atoms with van der Waals surface area (Å²) >= 11 is 7.38. The third-order valence-electron chi connectivity index (χ3n) is 12.4. The number of benzene rings is 2. The minimum atomic E-state index is -2.23. The van der Waals surface area contributed by atoms with E-state index in [2.05, 4.69) is 67.0 Å². The van der Waals surface area contributed by atoms with Gasteiger partial charge in [0.25, 0.3) is 0 Å². The number of ether oxygens (including phenoxy) is 2. The Balaban J connectivity index is 1.03. The summed E-state index contributed by atoms with van der Waals surface area (Å²) in [5, 5.41) is 24.1. The van der Waals surface area contributed by atoms with Gasteiger partial charge in [0.15, 0.2) is 12.2 Å². The van der Waals surface area contributed by atoms with Gasteiger partial charge in [-0.25, -0.2) is 9.59 Å². The molecule has 14 heteroatoms. The number of carbonyl (C=O) groups excluding carboxylic acids is 2. The van der Waals surface area contributed by atoms with Crippen molar-refractivity contribution in [2.45, 2.75) is 61.8 Å². The topological polar surface area (TPSA) is 128 Å². The number of hydrogen-bond acceptors (Lipinski definition) is 10. The SMILES string of the molecule is C=CCN1CC(COC)C[C@H]2c3cccc4c3c(c(Br)n4OC(=O)C(O)C(O)C(=O)On3c(Br)c4c5c(cccc53)[C@@H]3CC(COC)CN(CC=C)[C@H]3C4)C[C@@H]21. The van der Waals surface area contributed by atoms with E-state index in [1.807, 2.05) is 36.4 Å². The molecule has 2 aliphatic carbocycles. The minimum Gasteiger partial charge on any atom is -0.384 e. The normalized spacial score (nSPS) is 25.7. The Morgan fingerprint density at radius 3 is 1.54 bits per heavy atom. The predicted molar refractivity (Wildman–Crippen MR) is 218 cm³/mol. The van der Waals surface area contributed by atoms with Crippen LogP contribution in [0.15, 0.2) is 70.9 Å². The highest BCUT2D eigenvalue weighted by atomic mass is 79.9. The Hall–Kier alpha value is -3.34. The van der Waals surface area contributed by atoms with Crippen LogP contribution >= 0.6 is 31.9 Å². The molecule has 298 valence electrons. The van der Waals surface area contributed by atoms with Crippen LogP contribution in [0.4, 0.5) is 0 Å². The third kappa shape index (κ3) is 6.69. The Morgan fingerprint density at radius 1 is 0.750 bits per heavy atom. The maximum Gasteiger partial charge on any atom is 0.364 e. The van der Waals surface area contributed by atoms with Crippen LogP contribution in [-0.4, -0.2) is 119 Å². The second kappa shape index (κ2) is 16.1. The molecule has 2 aromatic carbocycles. The van der Waals surface area contributed by atoms with Gasteiger partial charge in [-0.3, -0.25) is 9.80 Å². The number of nitrogens with zero attached hydrogens (tertiary/aromatic N) is 4. The zero-order chi connectivity index (χ0) is 39.4. The Labute approximate surface area is 342 Å². The molecule has 2 aliphatic heterocycles. The molecular weight excluding hydrogens is 848 g/mol. The first-order chi connectivity index (χ1) is 27.1. The van der Waals surface area contributed by atoms with Crippen LogP contribution in [0.1, 0.15) is 46.9 Å². The number of methoxy groups -OCH3 is 2. The molecule has 0 bridgehead atoms. The van der Waals surface area contributed by atoms with Crippen LogP contribution < -0.4 is 9.68 Å². The van der Waals surface area contributed by atoms with Crippen LogP contribution in [0.5, 0.6) is 0 Å². The summed E-state index contributed by atoms with van der Waals surface area (Å²) in [5.41, 5.74) is 5.56. The average molecular weight is 897 g/mol. The molecule has 2 saturated heterocycles. The van der Waals surface area contributed by atoms with Gasteiger partial charge in [-0.1, -0.05) is 36.4 Å². The van der Waals surface area contributed by atoms with E-state index in [1.54, 1.807) is 14.2 Å². The van der Waals surface area contributed by atoms with Crippen molar-refractivity contribution in [3.05, 3.63) is 93.2 Å². The van der Waals surface area contributed by atoms with Gasteiger partial charge in [-0.05, 0) is 104 Å². The molecule has 8 rings (SSSR count). The van der Waals surface area contributed by atoms with E-state index in [4.69, 9.17) is 19.1 Å². The monoisotopic (exact) mass is 894 g/mol. The van der Waals surface area contributed by atoms with E-state index >= 15 is 0 Å². The number of likely N-dealkylation sites (tertiary alicyclic amines) is 2. The molecule has 2 fully saturated rings. The van der Waals surface area contributed by atoms with Crippen LogP contribution in [0, 0.1) is 11.8 Å². The molecule has 2 N–H and O–H groups in total. The molecule has 0 amide bonds. The smallest absolute Gasteiger partial charge is 0.364 e. The van der Waals surface area contributed by atoms with Crippen molar-refractivity contribution < 1.29 is 39.0 Å². The fourth-order valence-corrected chi connectivity index (χ4v) is 11.5. The van der Waals surface area contributed by atoms with Crippen molar-refractivity contribution in [3.8, 4) is 0 Å². The van der Waals surface area contributed by atoms with Crippen molar-refractivity contribution in [1.82, 2.24) is 19.3 Å². The predicted octanol–water partition coefficient (Wildman–Crippen LogP) is 4.78. The van der Waals surface area contributed by atoms with Crippen molar-refractivity contribution in [3.63, 3.8) is 0 Å². The standard InChI is InChI=1S/C42H48Br2N4O8/c1-5-13-45-19-23(21-53-3)15-27-25-9-7-11-31-35(25)29(17-33(27)45)39(43)47(31)55-41(51)37(49)38(50)42(52)56-48-32-12-8-10-26-28-16-24(22-54-4)20-46(14-6-2)34(28)18-30(36(26)32)40(48)44/h5-12,23-24,27-28,33-34,37-38,49-50H,1-2,13-22H2,3-4H3/t23?,24?,27-,28-,33-,34-,37?,38?/m0/s1. The fourth-order valence-electron chi connectivity index (χ4n) is 10.2. The summed E-state index contributed by atoms with van der Waals surface area (Å²) in [6.07, 6.45) is 2.72. The van der Waals surface area contributed by atoms with Crippen molar-refractivity contribution in [2.24, 2.45) is 11.8 Å². The van der Waals surface area contributed by atoms with E-state index in [0.29, 0.717) is 58.1 Å². The Morgan fingerprint density at radius 2 is 1.16 bits per heavy atom. The minimum absolute atomic E-state index is 0.206. The molecule has 4 aromatic rings. The maximum absolute atomic E-state index is 13.5.